The number of carboxylic acids is 2. The molecule has 4 unspecified atom stereocenters. The molecule has 14 nitrogen and oxygen atoms in total. The van der Waals surface area contributed by atoms with E-state index in [0.717, 1.165) is 6.92 Å². The Labute approximate surface area is 165 Å². The number of aliphatic hydroxyl groups is 1. The van der Waals surface area contributed by atoms with Crippen LogP contribution >= 0.6 is 0 Å². The van der Waals surface area contributed by atoms with Gasteiger partial charge in [-0.2, -0.15) is 0 Å². The summed E-state index contributed by atoms with van der Waals surface area (Å²) < 4.78 is 0. The first-order chi connectivity index (χ1) is 13.3. The Balaban J connectivity index is 5.18. The minimum absolute atomic E-state index is 0.236. The van der Waals surface area contributed by atoms with Gasteiger partial charge in [-0.25, -0.2) is 0 Å². The van der Waals surface area contributed by atoms with Crippen LogP contribution in [0.2, 0.25) is 0 Å². The number of rotatable bonds is 13. The van der Waals surface area contributed by atoms with Crippen molar-refractivity contribution >= 4 is 35.6 Å². The number of nitrogens with two attached hydrogens (primary N) is 2. The lowest BCUT2D eigenvalue weighted by Gasteiger charge is -2.24. The summed E-state index contributed by atoms with van der Waals surface area (Å²) in [7, 11) is 0. The van der Waals surface area contributed by atoms with Crippen LogP contribution in [0, 0.1) is 0 Å². The average molecular weight is 419 g/mol. The third kappa shape index (κ3) is 10.6. The average Bonchev–Trinajstić information content (AvgIpc) is 2.60. The lowest BCUT2D eigenvalue weighted by molar-refractivity contribution is -0.140. The minimum atomic E-state index is -1.59. The van der Waals surface area contributed by atoms with Gasteiger partial charge in [-0.1, -0.05) is 0 Å². The molecular formula is C15H25N5O9. The van der Waals surface area contributed by atoms with E-state index in [0.29, 0.717) is 0 Å². The Kier molecular flexibility index (Phi) is 10.9. The van der Waals surface area contributed by atoms with Gasteiger partial charge in [-0.15, -0.1) is 0 Å². The van der Waals surface area contributed by atoms with Crippen LogP contribution in [-0.2, 0) is 28.8 Å². The SMILES string of the molecule is CC(O)C(NC(=O)C(CC(N)=O)NC(=O)C(N)CCC(=O)O)C(=O)NCC(=O)O. The second-order valence-corrected chi connectivity index (χ2v) is 6.11. The fourth-order valence-corrected chi connectivity index (χ4v) is 2.03. The van der Waals surface area contributed by atoms with Gasteiger partial charge in [-0.3, -0.25) is 28.8 Å². The summed E-state index contributed by atoms with van der Waals surface area (Å²) >= 11 is 0. The van der Waals surface area contributed by atoms with Crippen LogP contribution in [0.15, 0.2) is 0 Å². The summed E-state index contributed by atoms with van der Waals surface area (Å²) in [6, 6.07) is -4.44. The topological polar surface area (TPSA) is 251 Å². The molecule has 0 aliphatic carbocycles. The molecule has 4 amide bonds. The number of carbonyl (C=O) groups is 6. The summed E-state index contributed by atoms with van der Waals surface area (Å²) in [4.78, 5) is 68.6. The number of primary amides is 1. The molecule has 0 fully saturated rings. The quantitative estimate of drug-likeness (QED) is 0.142. The molecule has 0 saturated carbocycles. The van der Waals surface area contributed by atoms with Crippen molar-refractivity contribution in [3.05, 3.63) is 0 Å². The number of hydrogen-bond donors (Lipinski definition) is 8. The first-order valence-electron chi connectivity index (χ1n) is 8.39. The van der Waals surface area contributed by atoms with Gasteiger partial charge < -0.3 is 42.7 Å². The number of aliphatic carboxylic acids is 2. The highest BCUT2D eigenvalue weighted by atomic mass is 16.4. The lowest BCUT2D eigenvalue weighted by atomic mass is 10.1. The van der Waals surface area contributed by atoms with E-state index in [9.17, 15) is 33.9 Å². The summed E-state index contributed by atoms with van der Waals surface area (Å²) in [5.74, 6) is -6.54. The molecule has 0 saturated heterocycles. The van der Waals surface area contributed by atoms with Gasteiger partial charge >= 0.3 is 11.9 Å². The maximum Gasteiger partial charge on any atom is 0.322 e. The van der Waals surface area contributed by atoms with Crippen molar-refractivity contribution in [2.75, 3.05) is 6.54 Å². The largest absolute Gasteiger partial charge is 0.481 e. The lowest BCUT2D eigenvalue weighted by Crippen LogP contribution is -2.59. The molecule has 0 heterocycles. The molecule has 0 aromatic carbocycles. The Bertz CT molecular complexity index is 652. The van der Waals surface area contributed by atoms with E-state index in [1.165, 1.54) is 0 Å². The van der Waals surface area contributed by atoms with Crippen LogP contribution in [-0.4, -0.2) is 81.7 Å². The standard InChI is InChI=1S/C15H25N5O9/c1-6(21)12(15(29)18-5-11(25)26)20-14(28)8(4-9(17)22)19-13(27)7(16)2-3-10(23)24/h6-8,12,21H,2-5,16H2,1H3,(H2,17,22)(H,18,29)(H,19,27)(H,20,28)(H,23,24)(H,25,26). The zero-order valence-corrected chi connectivity index (χ0v) is 15.6. The van der Waals surface area contributed by atoms with Gasteiger partial charge in [0.05, 0.1) is 18.6 Å². The molecule has 0 aliphatic rings. The fourth-order valence-electron chi connectivity index (χ4n) is 2.03. The number of nitrogens with one attached hydrogen (secondary N) is 3. The summed E-state index contributed by atoms with van der Waals surface area (Å²) in [5.41, 5.74) is 10.6. The third-order valence-corrected chi connectivity index (χ3v) is 3.52. The molecule has 29 heavy (non-hydrogen) atoms. The number of hydrogen-bond acceptors (Lipinski definition) is 8. The smallest absolute Gasteiger partial charge is 0.322 e. The minimum Gasteiger partial charge on any atom is -0.481 e. The predicted molar refractivity (Wildman–Crippen MR) is 94.8 cm³/mol. The highest BCUT2D eigenvalue weighted by Gasteiger charge is 2.31. The molecule has 0 rings (SSSR count). The second-order valence-electron chi connectivity index (χ2n) is 6.11. The van der Waals surface area contributed by atoms with Crippen molar-refractivity contribution in [3.63, 3.8) is 0 Å². The number of aliphatic hydroxyl groups excluding tert-OH is 1. The van der Waals surface area contributed by atoms with Gasteiger partial charge in [0.1, 0.15) is 18.6 Å². The normalized spacial score (nSPS) is 14.6. The molecule has 0 bridgehead atoms. The highest BCUT2D eigenvalue weighted by Crippen LogP contribution is 2.01. The molecule has 0 aliphatic heterocycles. The molecule has 0 aromatic rings. The zero-order valence-electron chi connectivity index (χ0n) is 15.6. The molecule has 10 N–H and O–H groups in total. The van der Waals surface area contributed by atoms with Gasteiger partial charge in [-0.05, 0) is 13.3 Å². The molecule has 164 valence electrons. The summed E-state index contributed by atoms with van der Waals surface area (Å²) in [6.07, 6.45) is -2.77. The molecule has 14 heteroatoms. The monoisotopic (exact) mass is 419 g/mol. The Morgan fingerprint density at radius 3 is 1.97 bits per heavy atom. The first kappa shape index (κ1) is 25.7. The van der Waals surface area contributed by atoms with Crippen LogP contribution in [0.3, 0.4) is 0 Å². The van der Waals surface area contributed by atoms with Crippen LogP contribution in [0.1, 0.15) is 26.2 Å². The molecular weight excluding hydrogens is 394 g/mol. The van der Waals surface area contributed by atoms with E-state index in [1.807, 2.05) is 5.32 Å². The van der Waals surface area contributed by atoms with E-state index in [-0.39, 0.29) is 6.42 Å². The van der Waals surface area contributed by atoms with E-state index >= 15 is 0 Å². The van der Waals surface area contributed by atoms with Crippen molar-refractivity contribution in [2.24, 2.45) is 11.5 Å². The van der Waals surface area contributed by atoms with Crippen LogP contribution < -0.4 is 27.4 Å². The number of carbonyl (C=O) groups excluding carboxylic acids is 4. The maximum absolute atomic E-state index is 12.4. The van der Waals surface area contributed by atoms with Gasteiger partial charge in [0.15, 0.2) is 0 Å². The number of amides is 4. The van der Waals surface area contributed by atoms with Crippen LogP contribution in [0.25, 0.3) is 0 Å². The maximum atomic E-state index is 12.4. The van der Waals surface area contributed by atoms with Crippen molar-refractivity contribution in [2.45, 2.75) is 50.4 Å². The second kappa shape index (κ2) is 12.2. The molecule has 4 atom stereocenters. The van der Waals surface area contributed by atoms with E-state index < -0.39 is 79.2 Å². The highest BCUT2D eigenvalue weighted by molar-refractivity contribution is 5.96. The molecule has 0 radical (unpaired) electrons. The van der Waals surface area contributed by atoms with Gasteiger partial charge in [0.2, 0.25) is 23.6 Å². The number of carboxylic acid groups (broad SMARTS) is 2. The fraction of sp³-hybridized carbons (Fsp3) is 0.600. The van der Waals surface area contributed by atoms with E-state index in [1.54, 1.807) is 0 Å². The van der Waals surface area contributed by atoms with Crippen molar-refractivity contribution in [1.82, 2.24) is 16.0 Å². The predicted octanol–water partition coefficient (Wildman–Crippen LogP) is -4.39. The third-order valence-electron chi connectivity index (χ3n) is 3.52. The van der Waals surface area contributed by atoms with Crippen molar-refractivity contribution in [3.8, 4) is 0 Å². The molecule has 0 aromatic heterocycles. The van der Waals surface area contributed by atoms with Gasteiger partial charge in [0, 0.05) is 6.42 Å². The van der Waals surface area contributed by atoms with E-state index in [2.05, 4.69) is 10.6 Å². The van der Waals surface area contributed by atoms with Crippen molar-refractivity contribution < 1.29 is 44.1 Å². The first-order valence-corrected chi connectivity index (χ1v) is 8.39. The summed E-state index contributed by atoms with van der Waals surface area (Å²) in [5, 5.41) is 33.0. The van der Waals surface area contributed by atoms with E-state index in [4.69, 9.17) is 21.7 Å². The van der Waals surface area contributed by atoms with Crippen LogP contribution in [0.4, 0.5) is 0 Å². The zero-order chi connectivity index (χ0) is 22.7. The van der Waals surface area contributed by atoms with Gasteiger partial charge in [0.25, 0.3) is 0 Å². The van der Waals surface area contributed by atoms with Crippen molar-refractivity contribution in [1.29, 1.82) is 0 Å². The summed E-state index contributed by atoms with van der Waals surface area (Å²) in [6.45, 7) is 0.382. The van der Waals surface area contributed by atoms with Crippen LogP contribution in [0.5, 0.6) is 0 Å². The Morgan fingerprint density at radius 2 is 1.52 bits per heavy atom. The Hall–Kier alpha value is -3.26. The molecule has 0 spiro atoms. The Morgan fingerprint density at radius 1 is 0.931 bits per heavy atom.